The highest BCUT2D eigenvalue weighted by Crippen LogP contribution is 2.30. The molecule has 0 radical (unpaired) electrons. The molecule has 1 aliphatic rings. The molecule has 2 rings (SSSR count). The van der Waals surface area contributed by atoms with E-state index < -0.39 is 28.0 Å². The average Bonchev–Trinajstić information content (AvgIpc) is 2.67. The fraction of sp³-hybridized carbons (Fsp3) is 0.579. The maximum absolute atomic E-state index is 12.8. The van der Waals surface area contributed by atoms with Crippen LogP contribution in [0.15, 0.2) is 23.1 Å². The third kappa shape index (κ3) is 6.31. The minimum absolute atomic E-state index is 0.0526. The summed E-state index contributed by atoms with van der Waals surface area (Å²) < 4.78 is 32.2. The van der Waals surface area contributed by atoms with E-state index in [2.05, 4.69) is 5.32 Å². The van der Waals surface area contributed by atoms with Gasteiger partial charge < -0.3 is 10.1 Å². The Bertz CT molecular complexity index is 852. The Hall–Kier alpha value is -1.35. The van der Waals surface area contributed by atoms with Crippen LogP contribution in [0.5, 0.6) is 0 Å². The lowest BCUT2D eigenvalue weighted by Crippen LogP contribution is -2.42. The predicted octanol–water partition coefficient (Wildman–Crippen LogP) is 3.10. The lowest BCUT2D eigenvalue weighted by molar-refractivity contribution is -0.159. The van der Waals surface area contributed by atoms with Crippen molar-refractivity contribution in [3.8, 4) is 0 Å². The minimum atomic E-state index is -3.82. The molecule has 1 atom stereocenters. The molecule has 0 aromatic heterocycles. The summed E-state index contributed by atoms with van der Waals surface area (Å²) >= 11 is 11.9. The normalized spacial score (nSPS) is 17.2. The first kappa shape index (κ1) is 23.9. The first-order valence-electron chi connectivity index (χ1n) is 9.45. The zero-order valence-electron chi connectivity index (χ0n) is 16.7. The van der Waals surface area contributed by atoms with E-state index in [1.54, 1.807) is 0 Å². The molecule has 0 bridgehead atoms. The molecule has 1 saturated heterocycles. The van der Waals surface area contributed by atoms with Gasteiger partial charge in [-0.1, -0.05) is 37.0 Å². The van der Waals surface area contributed by atoms with Gasteiger partial charge in [-0.15, -0.1) is 0 Å². The second-order valence-corrected chi connectivity index (χ2v) is 10.2. The van der Waals surface area contributed by atoms with Crippen molar-refractivity contribution >= 4 is 45.1 Å². The molecule has 1 aromatic rings. The molecular weight excluding hydrogens is 439 g/mol. The van der Waals surface area contributed by atoms with Gasteiger partial charge in [0.1, 0.15) is 4.90 Å². The number of carbonyl (C=O) groups is 2. The summed E-state index contributed by atoms with van der Waals surface area (Å²) in [6.45, 7) is 6.26. The number of benzene rings is 1. The highest BCUT2D eigenvalue weighted by Gasteiger charge is 2.34. The van der Waals surface area contributed by atoms with Gasteiger partial charge in [0.25, 0.3) is 5.91 Å². The number of esters is 1. The van der Waals surface area contributed by atoms with Crippen LogP contribution < -0.4 is 5.32 Å². The first-order valence-corrected chi connectivity index (χ1v) is 11.7. The van der Waals surface area contributed by atoms with Gasteiger partial charge in [0.2, 0.25) is 10.0 Å². The van der Waals surface area contributed by atoms with Crippen molar-refractivity contribution in [2.45, 2.75) is 44.6 Å². The lowest BCUT2D eigenvalue weighted by atomic mass is 9.98. The number of amides is 1. The van der Waals surface area contributed by atoms with Crippen molar-refractivity contribution in [1.29, 1.82) is 0 Å². The van der Waals surface area contributed by atoms with Gasteiger partial charge in [-0.25, -0.2) is 8.42 Å². The average molecular weight is 465 g/mol. The maximum Gasteiger partial charge on any atom is 0.309 e. The fourth-order valence-electron chi connectivity index (χ4n) is 2.92. The van der Waals surface area contributed by atoms with Crippen LogP contribution in [0.2, 0.25) is 10.0 Å². The second-order valence-electron chi connectivity index (χ2n) is 7.47. The number of piperidine rings is 1. The van der Waals surface area contributed by atoms with Crippen LogP contribution in [-0.2, 0) is 24.3 Å². The number of nitrogens with one attached hydrogen (secondary N) is 1. The summed E-state index contributed by atoms with van der Waals surface area (Å²) in [7, 11) is -3.82. The fourth-order valence-corrected chi connectivity index (χ4v) is 5.13. The topological polar surface area (TPSA) is 92.8 Å². The molecule has 0 aliphatic carbocycles. The van der Waals surface area contributed by atoms with E-state index >= 15 is 0 Å². The molecule has 0 saturated carbocycles. The quantitative estimate of drug-likeness (QED) is 0.625. The van der Waals surface area contributed by atoms with Gasteiger partial charge in [-0.2, -0.15) is 4.31 Å². The van der Waals surface area contributed by atoms with Gasteiger partial charge in [0.15, 0.2) is 6.10 Å². The van der Waals surface area contributed by atoms with Crippen LogP contribution in [-0.4, -0.2) is 50.3 Å². The summed E-state index contributed by atoms with van der Waals surface area (Å²) in [6.07, 6.45) is -0.291. The van der Waals surface area contributed by atoms with E-state index in [0.717, 1.165) is 0 Å². The summed E-state index contributed by atoms with van der Waals surface area (Å²) in [5.74, 6) is -1.00. The minimum Gasteiger partial charge on any atom is -0.452 e. The molecule has 1 aliphatic heterocycles. The smallest absolute Gasteiger partial charge is 0.309 e. The standard InChI is InChI=1S/C19H26Cl2N2O5S/c1-12(2)11-22-18(24)13(3)28-19(25)14-6-8-23(9-7-14)29(26,27)17-10-15(20)4-5-16(17)21/h4-5,10,12-14H,6-9,11H2,1-3H3,(H,22,24). The van der Waals surface area contributed by atoms with Crippen LogP contribution in [0.4, 0.5) is 0 Å². The number of sulfonamides is 1. The Balaban J connectivity index is 1.93. The van der Waals surface area contributed by atoms with Gasteiger partial charge in [-0.05, 0) is 43.9 Å². The molecule has 1 N–H and O–H groups in total. The SMILES string of the molecule is CC(C)CNC(=O)C(C)OC(=O)C1CCN(S(=O)(=O)c2cc(Cl)ccc2Cl)CC1. The van der Waals surface area contributed by atoms with E-state index in [0.29, 0.717) is 25.3 Å². The van der Waals surface area contributed by atoms with Gasteiger partial charge >= 0.3 is 5.97 Å². The molecule has 29 heavy (non-hydrogen) atoms. The molecule has 1 fully saturated rings. The zero-order chi connectivity index (χ0) is 21.8. The highest BCUT2D eigenvalue weighted by atomic mass is 35.5. The Labute approximate surface area is 181 Å². The van der Waals surface area contributed by atoms with Crippen molar-refractivity contribution in [2.24, 2.45) is 11.8 Å². The Morgan fingerprint density at radius 1 is 1.21 bits per heavy atom. The number of ether oxygens (including phenoxy) is 1. The van der Waals surface area contributed by atoms with E-state index in [1.807, 2.05) is 13.8 Å². The van der Waals surface area contributed by atoms with E-state index in [-0.39, 0.29) is 33.9 Å². The van der Waals surface area contributed by atoms with Crippen molar-refractivity contribution < 1.29 is 22.7 Å². The van der Waals surface area contributed by atoms with Gasteiger partial charge in [0.05, 0.1) is 10.9 Å². The zero-order valence-corrected chi connectivity index (χ0v) is 19.0. The molecular formula is C19H26Cl2N2O5S. The molecule has 10 heteroatoms. The lowest BCUT2D eigenvalue weighted by Gasteiger charge is -2.30. The maximum atomic E-state index is 12.8. The number of rotatable bonds is 7. The van der Waals surface area contributed by atoms with Crippen molar-refractivity contribution in [2.75, 3.05) is 19.6 Å². The van der Waals surface area contributed by atoms with Crippen LogP contribution >= 0.6 is 23.2 Å². The number of halogens is 2. The molecule has 1 amide bonds. The third-order valence-electron chi connectivity index (χ3n) is 4.65. The molecule has 1 heterocycles. The first-order chi connectivity index (χ1) is 13.5. The predicted molar refractivity (Wildman–Crippen MR) is 111 cm³/mol. The number of hydrogen-bond donors (Lipinski definition) is 1. The Morgan fingerprint density at radius 3 is 2.41 bits per heavy atom. The van der Waals surface area contributed by atoms with Gasteiger partial charge in [-0.3, -0.25) is 9.59 Å². The molecule has 162 valence electrons. The van der Waals surface area contributed by atoms with E-state index in [4.69, 9.17) is 27.9 Å². The molecule has 1 unspecified atom stereocenters. The largest absolute Gasteiger partial charge is 0.452 e. The summed E-state index contributed by atoms with van der Waals surface area (Å²) in [4.78, 5) is 24.3. The molecule has 0 spiro atoms. The Morgan fingerprint density at radius 2 is 1.83 bits per heavy atom. The van der Waals surface area contributed by atoms with Crippen LogP contribution in [0, 0.1) is 11.8 Å². The van der Waals surface area contributed by atoms with E-state index in [9.17, 15) is 18.0 Å². The van der Waals surface area contributed by atoms with Crippen molar-refractivity contribution in [1.82, 2.24) is 9.62 Å². The number of carbonyl (C=O) groups excluding carboxylic acids is 2. The van der Waals surface area contributed by atoms with Gasteiger partial charge in [0, 0.05) is 24.7 Å². The highest BCUT2D eigenvalue weighted by molar-refractivity contribution is 7.89. The number of hydrogen-bond acceptors (Lipinski definition) is 5. The molecule has 1 aromatic carbocycles. The summed E-state index contributed by atoms with van der Waals surface area (Å²) in [5, 5.41) is 3.09. The van der Waals surface area contributed by atoms with Crippen LogP contribution in [0.25, 0.3) is 0 Å². The molecule has 7 nitrogen and oxygen atoms in total. The monoisotopic (exact) mass is 464 g/mol. The second kappa shape index (κ2) is 10.1. The number of nitrogens with zero attached hydrogens (tertiary/aromatic N) is 1. The van der Waals surface area contributed by atoms with Crippen LogP contribution in [0.3, 0.4) is 0 Å². The van der Waals surface area contributed by atoms with E-state index in [1.165, 1.54) is 29.4 Å². The van der Waals surface area contributed by atoms with Crippen molar-refractivity contribution in [3.05, 3.63) is 28.2 Å². The third-order valence-corrected chi connectivity index (χ3v) is 7.26. The Kier molecular flexibility index (Phi) is 8.34. The summed E-state index contributed by atoms with van der Waals surface area (Å²) in [5.41, 5.74) is 0. The van der Waals surface area contributed by atoms with Crippen LogP contribution in [0.1, 0.15) is 33.6 Å². The van der Waals surface area contributed by atoms with Crippen molar-refractivity contribution in [3.63, 3.8) is 0 Å². The summed E-state index contributed by atoms with van der Waals surface area (Å²) in [6, 6.07) is 4.27.